The number of hydrogen-bond donors (Lipinski definition) is 2. The van der Waals surface area contributed by atoms with Crippen LogP contribution in [0.4, 0.5) is 15.8 Å². The second-order valence-corrected chi connectivity index (χ2v) is 3.57. The lowest BCUT2D eigenvalue weighted by Crippen LogP contribution is -2.09. The summed E-state index contributed by atoms with van der Waals surface area (Å²) in [6, 6.07) is 4.14. The lowest BCUT2D eigenvalue weighted by atomic mass is 10.2. The van der Waals surface area contributed by atoms with Crippen LogP contribution in [0.1, 0.15) is 19.8 Å². The van der Waals surface area contributed by atoms with Crippen LogP contribution in [0.2, 0.25) is 0 Å². The monoisotopic (exact) mass is 240 g/mol. The van der Waals surface area contributed by atoms with Crippen molar-refractivity contribution >= 4 is 17.3 Å². The smallest absolute Gasteiger partial charge is 0.305 e. The number of esters is 1. The van der Waals surface area contributed by atoms with Crippen molar-refractivity contribution in [1.29, 1.82) is 0 Å². The SMILES string of the molecule is CCOC(=O)CCCNc1cc(F)ccc1N. The van der Waals surface area contributed by atoms with Crippen molar-refractivity contribution in [1.82, 2.24) is 0 Å². The molecule has 5 heteroatoms. The normalized spacial score (nSPS) is 10.0. The first-order valence-corrected chi connectivity index (χ1v) is 5.58. The summed E-state index contributed by atoms with van der Waals surface area (Å²) in [5, 5.41) is 2.98. The Labute approximate surface area is 100.0 Å². The maximum absolute atomic E-state index is 12.9. The number of nitrogens with two attached hydrogens (primary N) is 1. The Bertz CT molecular complexity index is 383. The molecule has 0 amide bonds. The largest absolute Gasteiger partial charge is 0.466 e. The maximum Gasteiger partial charge on any atom is 0.305 e. The Hall–Kier alpha value is -1.78. The van der Waals surface area contributed by atoms with Crippen molar-refractivity contribution < 1.29 is 13.9 Å². The molecule has 1 aromatic rings. The second kappa shape index (κ2) is 6.73. The number of nitrogens with one attached hydrogen (secondary N) is 1. The van der Waals surface area contributed by atoms with E-state index in [0.29, 0.717) is 37.4 Å². The summed E-state index contributed by atoms with van der Waals surface area (Å²) in [4.78, 5) is 11.0. The van der Waals surface area contributed by atoms with Crippen LogP contribution in [0.25, 0.3) is 0 Å². The van der Waals surface area contributed by atoms with E-state index in [9.17, 15) is 9.18 Å². The standard InChI is InChI=1S/C12H17FN2O2/c1-2-17-12(16)4-3-7-15-11-8-9(13)5-6-10(11)14/h5-6,8,15H,2-4,7,14H2,1H3. The molecule has 0 saturated carbocycles. The van der Waals surface area contributed by atoms with Crippen molar-refractivity contribution in [2.24, 2.45) is 0 Å². The van der Waals surface area contributed by atoms with Crippen LogP contribution in [0.5, 0.6) is 0 Å². The highest BCUT2D eigenvalue weighted by Crippen LogP contribution is 2.18. The van der Waals surface area contributed by atoms with E-state index in [-0.39, 0.29) is 11.8 Å². The molecule has 0 aliphatic rings. The Morgan fingerprint density at radius 1 is 1.53 bits per heavy atom. The van der Waals surface area contributed by atoms with Gasteiger partial charge in [-0.05, 0) is 31.5 Å². The number of hydrogen-bond acceptors (Lipinski definition) is 4. The van der Waals surface area contributed by atoms with Gasteiger partial charge in [-0.15, -0.1) is 0 Å². The highest BCUT2D eigenvalue weighted by molar-refractivity contribution is 5.69. The van der Waals surface area contributed by atoms with Gasteiger partial charge in [-0.2, -0.15) is 0 Å². The van der Waals surface area contributed by atoms with Crippen LogP contribution in [-0.4, -0.2) is 19.1 Å². The molecule has 0 spiro atoms. The van der Waals surface area contributed by atoms with E-state index in [4.69, 9.17) is 10.5 Å². The number of anilines is 2. The molecule has 1 aromatic carbocycles. The summed E-state index contributed by atoms with van der Waals surface area (Å²) >= 11 is 0. The summed E-state index contributed by atoms with van der Waals surface area (Å²) in [5.74, 6) is -0.561. The quantitative estimate of drug-likeness (QED) is 0.454. The molecule has 0 heterocycles. The first-order valence-electron chi connectivity index (χ1n) is 5.58. The van der Waals surface area contributed by atoms with Crippen LogP contribution in [-0.2, 0) is 9.53 Å². The molecular weight excluding hydrogens is 223 g/mol. The molecule has 0 radical (unpaired) electrons. The summed E-state index contributed by atoms with van der Waals surface area (Å²) in [6.45, 7) is 2.71. The van der Waals surface area contributed by atoms with Crippen LogP contribution >= 0.6 is 0 Å². The molecule has 0 bridgehead atoms. The fraction of sp³-hybridized carbons (Fsp3) is 0.417. The third kappa shape index (κ3) is 4.72. The molecule has 0 unspecified atom stereocenters. The van der Waals surface area contributed by atoms with Gasteiger partial charge >= 0.3 is 5.97 Å². The Morgan fingerprint density at radius 3 is 3.00 bits per heavy atom. The summed E-state index contributed by atoms with van der Waals surface area (Å²) < 4.78 is 17.7. The van der Waals surface area contributed by atoms with Crippen molar-refractivity contribution in [2.75, 3.05) is 24.2 Å². The van der Waals surface area contributed by atoms with Gasteiger partial charge in [-0.25, -0.2) is 4.39 Å². The van der Waals surface area contributed by atoms with Crippen LogP contribution in [0.15, 0.2) is 18.2 Å². The molecule has 1 rings (SSSR count). The minimum Gasteiger partial charge on any atom is -0.466 e. The van der Waals surface area contributed by atoms with Crippen molar-refractivity contribution in [3.8, 4) is 0 Å². The van der Waals surface area contributed by atoms with Gasteiger partial charge in [0.05, 0.1) is 18.0 Å². The highest BCUT2D eigenvalue weighted by atomic mass is 19.1. The van der Waals surface area contributed by atoms with Crippen LogP contribution < -0.4 is 11.1 Å². The molecule has 3 N–H and O–H groups in total. The minimum absolute atomic E-state index is 0.221. The molecule has 4 nitrogen and oxygen atoms in total. The minimum atomic E-state index is -0.341. The third-order valence-corrected chi connectivity index (χ3v) is 2.19. The predicted octanol–water partition coefficient (Wildman–Crippen LogP) is 2.16. The summed E-state index contributed by atoms with van der Waals surface area (Å²) in [5.41, 5.74) is 6.70. The van der Waals surface area contributed by atoms with Crippen LogP contribution in [0.3, 0.4) is 0 Å². The highest BCUT2D eigenvalue weighted by Gasteiger charge is 2.03. The number of carbonyl (C=O) groups excluding carboxylic acids is 1. The lowest BCUT2D eigenvalue weighted by Gasteiger charge is -2.08. The molecule has 0 aliphatic carbocycles. The number of ether oxygens (including phenoxy) is 1. The zero-order valence-corrected chi connectivity index (χ0v) is 9.83. The van der Waals surface area contributed by atoms with Gasteiger partial charge in [0, 0.05) is 13.0 Å². The zero-order chi connectivity index (χ0) is 12.7. The fourth-order valence-electron chi connectivity index (χ4n) is 1.37. The Morgan fingerprint density at radius 2 is 2.29 bits per heavy atom. The average molecular weight is 240 g/mol. The molecule has 0 aliphatic heterocycles. The Kier molecular flexibility index (Phi) is 5.26. The lowest BCUT2D eigenvalue weighted by molar-refractivity contribution is -0.143. The molecular formula is C12H17FN2O2. The zero-order valence-electron chi connectivity index (χ0n) is 9.83. The van der Waals surface area contributed by atoms with Gasteiger partial charge in [-0.1, -0.05) is 0 Å². The van der Waals surface area contributed by atoms with Gasteiger partial charge < -0.3 is 15.8 Å². The van der Waals surface area contributed by atoms with E-state index in [0.717, 1.165) is 0 Å². The third-order valence-electron chi connectivity index (χ3n) is 2.19. The van der Waals surface area contributed by atoms with Gasteiger partial charge in [0.25, 0.3) is 0 Å². The topological polar surface area (TPSA) is 64.3 Å². The van der Waals surface area contributed by atoms with Crippen molar-refractivity contribution in [3.05, 3.63) is 24.0 Å². The maximum atomic E-state index is 12.9. The number of nitrogen functional groups attached to an aromatic ring is 1. The van der Waals surface area contributed by atoms with Gasteiger partial charge in [0.2, 0.25) is 0 Å². The average Bonchev–Trinajstić information content (AvgIpc) is 2.29. The molecule has 94 valence electrons. The van der Waals surface area contributed by atoms with Gasteiger partial charge in [0.15, 0.2) is 0 Å². The van der Waals surface area contributed by atoms with Gasteiger partial charge in [0.1, 0.15) is 5.82 Å². The van der Waals surface area contributed by atoms with E-state index in [1.54, 1.807) is 6.92 Å². The molecule has 0 fully saturated rings. The molecule has 0 saturated heterocycles. The van der Waals surface area contributed by atoms with E-state index in [2.05, 4.69) is 5.32 Å². The molecule has 17 heavy (non-hydrogen) atoms. The van der Waals surface area contributed by atoms with Crippen molar-refractivity contribution in [3.63, 3.8) is 0 Å². The summed E-state index contributed by atoms with van der Waals surface area (Å²) in [6.07, 6.45) is 0.963. The number of carbonyl (C=O) groups is 1. The van der Waals surface area contributed by atoms with Crippen molar-refractivity contribution in [2.45, 2.75) is 19.8 Å². The fourth-order valence-corrected chi connectivity index (χ4v) is 1.37. The summed E-state index contributed by atoms with van der Waals surface area (Å²) in [7, 11) is 0. The van der Waals surface area contributed by atoms with Gasteiger partial charge in [-0.3, -0.25) is 4.79 Å². The number of rotatable bonds is 6. The molecule has 0 aromatic heterocycles. The van der Waals surface area contributed by atoms with E-state index in [1.165, 1.54) is 18.2 Å². The van der Waals surface area contributed by atoms with E-state index in [1.807, 2.05) is 0 Å². The predicted molar refractivity (Wildman–Crippen MR) is 65.2 cm³/mol. The van der Waals surface area contributed by atoms with E-state index >= 15 is 0 Å². The Balaban J connectivity index is 2.31. The molecule has 0 atom stereocenters. The second-order valence-electron chi connectivity index (χ2n) is 3.57. The van der Waals surface area contributed by atoms with E-state index < -0.39 is 0 Å². The van der Waals surface area contributed by atoms with Crippen LogP contribution in [0, 0.1) is 5.82 Å². The first-order chi connectivity index (χ1) is 8.13. The number of benzene rings is 1. The number of halogens is 1. The first kappa shape index (κ1) is 13.3.